The average molecular weight is 437 g/mol. The van der Waals surface area contributed by atoms with E-state index in [-0.39, 0.29) is 18.0 Å². The summed E-state index contributed by atoms with van der Waals surface area (Å²) >= 11 is 4.84. The number of unbranched alkanes of at least 4 members (excludes halogenated alkanes) is 1. The van der Waals surface area contributed by atoms with Crippen molar-refractivity contribution in [3.8, 4) is 0 Å². The summed E-state index contributed by atoms with van der Waals surface area (Å²) in [5, 5.41) is 0.487. The van der Waals surface area contributed by atoms with Crippen LogP contribution >= 0.6 is 34.9 Å². The summed E-state index contributed by atoms with van der Waals surface area (Å²) in [6.07, 6.45) is 3.33. The van der Waals surface area contributed by atoms with Crippen LogP contribution in [0, 0.1) is 5.82 Å². The number of ketones is 1. The van der Waals surface area contributed by atoms with E-state index in [0.717, 1.165) is 28.4 Å². The highest BCUT2D eigenvalue weighted by Crippen LogP contribution is 2.37. The van der Waals surface area contributed by atoms with Gasteiger partial charge >= 0.3 is 0 Å². The van der Waals surface area contributed by atoms with Gasteiger partial charge in [-0.2, -0.15) is 0 Å². The van der Waals surface area contributed by atoms with Gasteiger partial charge in [-0.3, -0.25) is 9.79 Å². The molecule has 1 aliphatic rings. The molecule has 0 bridgehead atoms. The lowest BCUT2D eigenvalue weighted by Crippen LogP contribution is -2.29. The summed E-state index contributed by atoms with van der Waals surface area (Å²) in [6.45, 7) is 4.08. The van der Waals surface area contributed by atoms with Crippen molar-refractivity contribution in [3.05, 3.63) is 52.2 Å². The molecule has 7 heteroatoms. The minimum atomic E-state index is -0.676. The Morgan fingerprint density at radius 2 is 2.18 bits per heavy atom. The quantitative estimate of drug-likeness (QED) is 0.319. The third-order valence-electron chi connectivity index (χ3n) is 4.77. The molecule has 3 rings (SSSR count). The number of hydrogen-bond acceptors (Lipinski definition) is 6. The number of carbonyl (C=O) groups excluding carboxylic acids is 1. The zero-order valence-electron chi connectivity index (χ0n) is 16.2. The minimum absolute atomic E-state index is 0.0669. The molecule has 2 heterocycles. The highest BCUT2D eigenvalue weighted by atomic mass is 32.2. The van der Waals surface area contributed by atoms with E-state index in [1.165, 1.54) is 34.9 Å². The molecular formula is C21H25FN2OS3. The number of thioether (sulfide) groups is 2. The van der Waals surface area contributed by atoms with E-state index in [4.69, 9.17) is 5.73 Å². The van der Waals surface area contributed by atoms with Crippen LogP contribution in [-0.2, 0) is 12.0 Å². The Labute approximate surface area is 178 Å². The maximum Gasteiger partial charge on any atom is 0.177 e. The number of benzene rings is 1. The van der Waals surface area contributed by atoms with Crippen LogP contribution < -0.4 is 5.73 Å². The van der Waals surface area contributed by atoms with Gasteiger partial charge in [-0.05, 0) is 55.3 Å². The number of hydrogen-bond donors (Lipinski definition) is 1. The lowest BCUT2D eigenvalue weighted by atomic mass is 9.87. The molecule has 0 saturated carbocycles. The van der Waals surface area contributed by atoms with Crippen LogP contribution in [0.4, 0.5) is 4.39 Å². The van der Waals surface area contributed by atoms with Gasteiger partial charge in [0.1, 0.15) is 5.82 Å². The fourth-order valence-electron chi connectivity index (χ4n) is 3.11. The van der Waals surface area contributed by atoms with Gasteiger partial charge in [0.25, 0.3) is 0 Å². The third kappa shape index (κ3) is 5.19. The topological polar surface area (TPSA) is 55.5 Å². The number of aliphatic imine (C=N–C) groups is 1. The number of amidine groups is 1. The molecule has 0 amide bonds. The van der Waals surface area contributed by atoms with E-state index in [9.17, 15) is 9.18 Å². The molecule has 28 heavy (non-hydrogen) atoms. The second-order valence-corrected chi connectivity index (χ2v) is 10.7. The third-order valence-corrected chi connectivity index (χ3v) is 8.00. The maximum absolute atomic E-state index is 14.5. The zero-order valence-corrected chi connectivity index (χ0v) is 18.6. The van der Waals surface area contributed by atoms with Crippen molar-refractivity contribution in [2.75, 3.05) is 11.5 Å². The zero-order chi connectivity index (χ0) is 20.1. The summed E-state index contributed by atoms with van der Waals surface area (Å²) in [6, 6.07) is 8.83. The number of Topliss-reactive ketones (excluding diaryl/α,β-unsaturated/α-hetero) is 1. The number of nitrogens with zero attached hydrogens (tertiary/aromatic N) is 1. The van der Waals surface area contributed by atoms with Crippen LogP contribution in [0.2, 0.25) is 0 Å². The van der Waals surface area contributed by atoms with E-state index in [1.807, 2.05) is 19.1 Å². The molecule has 0 unspecified atom stereocenters. The Hall–Kier alpha value is -1.31. The molecule has 150 valence electrons. The number of rotatable bonds is 8. The minimum Gasteiger partial charge on any atom is -0.379 e. The predicted octanol–water partition coefficient (Wildman–Crippen LogP) is 5.87. The number of nitrogens with two attached hydrogens (primary N) is 1. The summed E-state index contributed by atoms with van der Waals surface area (Å²) in [7, 11) is 0. The molecule has 1 atom stereocenters. The highest BCUT2D eigenvalue weighted by Gasteiger charge is 2.32. The molecule has 3 nitrogen and oxygen atoms in total. The van der Waals surface area contributed by atoms with Gasteiger partial charge in [-0.15, -0.1) is 23.1 Å². The van der Waals surface area contributed by atoms with Crippen molar-refractivity contribution in [1.82, 2.24) is 0 Å². The van der Waals surface area contributed by atoms with Crippen molar-refractivity contribution in [3.63, 3.8) is 0 Å². The van der Waals surface area contributed by atoms with Crippen molar-refractivity contribution in [2.24, 2.45) is 10.7 Å². The van der Waals surface area contributed by atoms with E-state index in [1.54, 1.807) is 35.2 Å². The van der Waals surface area contributed by atoms with Gasteiger partial charge in [-0.1, -0.05) is 31.2 Å². The number of thiophene rings is 1. The van der Waals surface area contributed by atoms with Gasteiger partial charge in [-0.25, -0.2) is 4.39 Å². The van der Waals surface area contributed by atoms with E-state index >= 15 is 0 Å². The SMILES string of the molecule is CCCCSc1ccc(C(=O)Cc2ccc(F)c([C@]3(C)CCSC(N)=N3)c2)s1. The Morgan fingerprint density at radius 3 is 2.93 bits per heavy atom. The molecule has 2 aromatic rings. The fraction of sp³-hybridized carbons (Fsp3) is 0.429. The molecule has 1 aliphatic heterocycles. The maximum atomic E-state index is 14.5. The van der Waals surface area contributed by atoms with Crippen molar-refractivity contribution in [2.45, 2.75) is 49.3 Å². The van der Waals surface area contributed by atoms with E-state index in [2.05, 4.69) is 11.9 Å². The lowest BCUT2D eigenvalue weighted by Gasteiger charge is -2.30. The monoisotopic (exact) mass is 436 g/mol. The smallest absolute Gasteiger partial charge is 0.177 e. The van der Waals surface area contributed by atoms with Gasteiger partial charge in [0, 0.05) is 17.7 Å². The first-order chi connectivity index (χ1) is 13.4. The van der Waals surface area contributed by atoms with Crippen LogP contribution in [0.25, 0.3) is 0 Å². The first-order valence-corrected chi connectivity index (χ1v) is 12.2. The second-order valence-electron chi connectivity index (χ2n) is 7.06. The molecule has 0 fully saturated rings. The molecule has 2 N–H and O–H groups in total. The Bertz CT molecular complexity index is 880. The predicted molar refractivity (Wildman–Crippen MR) is 120 cm³/mol. The van der Waals surface area contributed by atoms with Gasteiger partial charge < -0.3 is 5.73 Å². The van der Waals surface area contributed by atoms with Gasteiger partial charge in [0.05, 0.1) is 14.6 Å². The fourth-order valence-corrected chi connectivity index (χ4v) is 6.32. The summed E-state index contributed by atoms with van der Waals surface area (Å²) in [5.74, 6) is 1.65. The van der Waals surface area contributed by atoms with Crippen molar-refractivity contribution in [1.29, 1.82) is 0 Å². The number of carbonyl (C=O) groups is 1. The summed E-state index contributed by atoms with van der Waals surface area (Å²) in [5.41, 5.74) is 6.52. The Kier molecular flexibility index (Phi) is 7.23. The van der Waals surface area contributed by atoms with Crippen LogP contribution in [-0.4, -0.2) is 22.5 Å². The number of halogens is 1. The first-order valence-electron chi connectivity index (χ1n) is 9.44. The highest BCUT2D eigenvalue weighted by molar-refractivity contribution is 8.13. The van der Waals surface area contributed by atoms with Crippen LogP contribution in [0.5, 0.6) is 0 Å². The van der Waals surface area contributed by atoms with E-state index in [0.29, 0.717) is 10.7 Å². The molecule has 0 spiro atoms. The van der Waals surface area contributed by atoms with Gasteiger partial charge in [0.15, 0.2) is 11.0 Å². The molecule has 0 saturated heterocycles. The molecule has 1 aromatic heterocycles. The molecule has 0 aliphatic carbocycles. The van der Waals surface area contributed by atoms with Crippen LogP contribution in [0.15, 0.2) is 39.5 Å². The first kappa shape index (κ1) is 21.4. The lowest BCUT2D eigenvalue weighted by molar-refractivity contribution is 0.0996. The van der Waals surface area contributed by atoms with E-state index < -0.39 is 5.54 Å². The Morgan fingerprint density at radius 1 is 1.36 bits per heavy atom. The molecule has 0 radical (unpaired) electrons. The van der Waals surface area contributed by atoms with Crippen LogP contribution in [0.3, 0.4) is 0 Å². The summed E-state index contributed by atoms with van der Waals surface area (Å²) < 4.78 is 15.7. The largest absolute Gasteiger partial charge is 0.379 e. The van der Waals surface area contributed by atoms with Crippen molar-refractivity contribution < 1.29 is 9.18 Å². The normalized spacial score (nSPS) is 19.5. The Balaban J connectivity index is 1.74. The van der Waals surface area contributed by atoms with Crippen molar-refractivity contribution >= 4 is 45.8 Å². The average Bonchev–Trinajstić information content (AvgIpc) is 3.12. The second kappa shape index (κ2) is 9.46. The molecular weight excluding hydrogens is 411 g/mol. The van der Waals surface area contributed by atoms with Gasteiger partial charge in [0.2, 0.25) is 0 Å². The molecule has 1 aromatic carbocycles. The standard InChI is InChI=1S/C21H25FN2OS3/c1-3-4-10-26-19-8-7-18(28-19)17(25)13-14-5-6-16(22)15(12-14)21(2)9-11-27-20(23)24-21/h5-8,12H,3-4,9-11,13H2,1-2H3,(H2,23,24)/t21-/m0/s1. The van der Waals surface area contributed by atoms with Crippen LogP contribution in [0.1, 0.15) is 53.9 Å². The summed E-state index contributed by atoms with van der Waals surface area (Å²) in [4.78, 5) is 18.0.